The van der Waals surface area contributed by atoms with E-state index in [-0.39, 0.29) is 6.17 Å². The molecule has 1 aliphatic heterocycles. The van der Waals surface area contributed by atoms with Gasteiger partial charge in [-0.1, -0.05) is 18.2 Å². The number of para-hydroxylation sites is 2. The Morgan fingerprint density at radius 3 is 2.50 bits per heavy atom. The van der Waals surface area contributed by atoms with E-state index in [1.165, 1.54) is 16.9 Å². The van der Waals surface area contributed by atoms with Gasteiger partial charge < -0.3 is 9.80 Å². The number of benzene rings is 1. The summed E-state index contributed by atoms with van der Waals surface area (Å²) in [5, 5.41) is 0. The first-order chi connectivity index (χ1) is 8.70. The number of pyridine rings is 1. The summed E-state index contributed by atoms with van der Waals surface area (Å²) in [7, 11) is 2.13. The summed E-state index contributed by atoms with van der Waals surface area (Å²) in [4.78, 5) is 9.12. The zero-order valence-corrected chi connectivity index (χ0v) is 11.0. The van der Waals surface area contributed by atoms with Crippen LogP contribution >= 0.6 is 0 Å². The zero-order chi connectivity index (χ0) is 12.7. The number of fused-ring (bicyclic) bond motifs is 1. The second-order valence-corrected chi connectivity index (χ2v) is 4.75. The predicted molar refractivity (Wildman–Crippen MR) is 75.4 cm³/mol. The van der Waals surface area contributed by atoms with Crippen LogP contribution in [-0.2, 0) is 0 Å². The average Bonchev–Trinajstić information content (AvgIpc) is 2.64. The average molecular weight is 239 g/mol. The highest BCUT2D eigenvalue weighted by molar-refractivity contribution is 5.82. The third-order valence-corrected chi connectivity index (χ3v) is 3.67. The van der Waals surface area contributed by atoms with Crippen molar-refractivity contribution in [3.8, 4) is 0 Å². The molecule has 1 atom stereocenters. The van der Waals surface area contributed by atoms with E-state index in [2.05, 4.69) is 66.0 Å². The second kappa shape index (κ2) is 4.02. The number of aromatic nitrogens is 1. The van der Waals surface area contributed by atoms with Crippen LogP contribution in [-0.4, -0.2) is 18.2 Å². The lowest BCUT2D eigenvalue weighted by atomic mass is 10.2. The summed E-state index contributed by atoms with van der Waals surface area (Å²) in [6.45, 7) is 4.31. The van der Waals surface area contributed by atoms with Crippen LogP contribution in [0, 0.1) is 6.92 Å². The highest BCUT2D eigenvalue weighted by Gasteiger charge is 2.32. The fraction of sp³-hybridized carbons (Fsp3) is 0.267. The molecule has 18 heavy (non-hydrogen) atoms. The van der Waals surface area contributed by atoms with Gasteiger partial charge in [0, 0.05) is 13.2 Å². The number of hydrogen-bond acceptors (Lipinski definition) is 3. The third kappa shape index (κ3) is 1.47. The first-order valence-corrected chi connectivity index (χ1v) is 6.23. The summed E-state index contributed by atoms with van der Waals surface area (Å²) in [6, 6.07) is 12.6. The molecule has 0 amide bonds. The van der Waals surface area contributed by atoms with Crippen LogP contribution in [0.25, 0.3) is 0 Å². The van der Waals surface area contributed by atoms with Gasteiger partial charge in [0.25, 0.3) is 0 Å². The van der Waals surface area contributed by atoms with Gasteiger partial charge >= 0.3 is 0 Å². The molecule has 3 rings (SSSR count). The lowest BCUT2D eigenvalue weighted by Gasteiger charge is -2.27. The monoisotopic (exact) mass is 239 g/mol. The van der Waals surface area contributed by atoms with Crippen molar-refractivity contribution in [2.24, 2.45) is 0 Å². The molecule has 2 aromatic rings. The molecule has 92 valence electrons. The van der Waals surface area contributed by atoms with Crippen molar-refractivity contribution in [3.63, 3.8) is 0 Å². The molecule has 1 aromatic carbocycles. The summed E-state index contributed by atoms with van der Waals surface area (Å²) in [5.41, 5.74) is 3.69. The van der Waals surface area contributed by atoms with Crippen LogP contribution in [0.2, 0.25) is 0 Å². The van der Waals surface area contributed by atoms with Gasteiger partial charge in [-0.2, -0.15) is 0 Å². The molecule has 0 aliphatic carbocycles. The van der Waals surface area contributed by atoms with Gasteiger partial charge in [-0.05, 0) is 37.6 Å². The van der Waals surface area contributed by atoms with Gasteiger partial charge in [-0.15, -0.1) is 0 Å². The summed E-state index contributed by atoms with van der Waals surface area (Å²) in [5.74, 6) is 1.04. The lowest BCUT2D eigenvalue weighted by molar-refractivity contribution is 0.725. The van der Waals surface area contributed by atoms with Crippen molar-refractivity contribution in [1.29, 1.82) is 0 Å². The Kier molecular flexibility index (Phi) is 2.47. The largest absolute Gasteiger partial charge is 0.352 e. The van der Waals surface area contributed by atoms with Crippen molar-refractivity contribution in [3.05, 3.63) is 48.2 Å². The summed E-state index contributed by atoms with van der Waals surface area (Å²) < 4.78 is 0. The van der Waals surface area contributed by atoms with Crippen LogP contribution < -0.4 is 9.80 Å². The van der Waals surface area contributed by atoms with Crippen molar-refractivity contribution in [2.75, 3.05) is 16.8 Å². The van der Waals surface area contributed by atoms with Gasteiger partial charge in [0.05, 0.1) is 11.4 Å². The maximum absolute atomic E-state index is 4.54. The zero-order valence-electron chi connectivity index (χ0n) is 11.0. The van der Waals surface area contributed by atoms with E-state index in [9.17, 15) is 0 Å². The second-order valence-electron chi connectivity index (χ2n) is 4.75. The van der Waals surface area contributed by atoms with Gasteiger partial charge in [-0.25, -0.2) is 4.98 Å². The molecular formula is C15H17N3. The molecule has 0 fully saturated rings. The lowest BCUT2D eigenvalue weighted by Crippen LogP contribution is -2.36. The predicted octanol–water partition coefficient (Wildman–Crippen LogP) is 3.32. The highest BCUT2D eigenvalue weighted by atomic mass is 15.4. The normalized spacial score (nSPS) is 18.1. The Bertz CT molecular complexity index is 579. The first-order valence-electron chi connectivity index (χ1n) is 6.23. The molecular weight excluding hydrogens is 222 g/mol. The Hall–Kier alpha value is -2.03. The molecule has 0 radical (unpaired) electrons. The van der Waals surface area contributed by atoms with E-state index in [0.29, 0.717) is 0 Å². The number of anilines is 3. The summed E-state index contributed by atoms with van der Waals surface area (Å²) in [6.07, 6.45) is 2.15. The first kappa shape index (κ1) is 11.1. The van der Waals surface area contributed by atoms with E-state index in [1.807, 2.05) is 12.3 Å². The molecule has 0 bridgehead atoms. The molecule has 2 heterocycles. The minimum Gasteiger partial charge on any atom is -0.352 e. The maximum Gasteiger partial charge on any atom is 0.137 e. The van der Waals surface area contributed by atoms with Crippen LogP contribution in [0.5, 0.6) is 0 Å². The smallest absolute Gasteiger partial charge is 0.137 e. The topological polar surface area (TPSA) is 19.4 Å². The standard InChI is InChI=1S/C15H17N3/c1-11-7-6-10-16-15(11)18-12(2)17(3)13-8-4-5-9-14(13)18/h4-10,12H,1-3H3. The van der Waals surface area contributed by atoms with Gasteiger partial charge in [0.15, 0.2) is 0 Å². The molecule has 0 N–H and O–H groups in total. The van der Waals surface area contributed by atoms with E-state index in [1.54, 1.807) is 0 Å². The van der Waals surface area contributed by atoms with Crippen LogP contribution in [0.15, 0.2) is 42.6 Å². The molecule has 1 aliphatic rings. The van der Waals surface area contributed by atoms with Crippen molar-refractivity contribution in [1.82, 2.24) is 4.98 Å². The van der Waals surface area contributed by atoms with Crippen molar-refractivity contribution < 1.29 is 0 Å². The van der Waals surface area contributed by atoms with E-state index >= 15 is 0 Å². The minimum atomic E-state index is 0.288. The molecule has 0 spiro atoms. The number of rotatable bonds is 1. The van der Waals surface area contributed by atoms with E-state index in [4.69, 9.17) is 0 Å². The highest BCUT2D eigenvalue weighted by Crippen LogP contribution is 2.42. The van der Waals surface area contributed by atoms with Crippen LogP contribution in [0.3, 0.4) is 0 Å². The molecule has 3 nitrogen and oxygen atoms in total. The fourth-order valence-electron chi connectivity index (χ4n) is 2.56. The third-order valence-electron chi connectivity index (χ3n) is 3.67. The van der Waals surface area contributed by atoms with Crippen molar-refractivity contribution >= 4 is 17.2 Å². The van der Waals surface area contributed by atoms with Gasteiger partial charge in [0.2, 0.25) is 0 Å². The van der Waals surface area contributed by atoms with Crippen LogP contribution in [0.4, 0.5) is 17.2 Å². The van der Waals surface area contributed by atoms with Gasteiger partial charge in [0.1, 0.15) is 12.0 Å². The minimum absolute atomic E-state index is 0.288. The van der Waals surface area contributed by atoms with Gasteiger partial charge in [-0.3, -0.25) is 0 Å². The number of hydrogen-bond donors (Lipinski definition) is 0. The molecule has 1 aromatic heterocycles. The Morgan fingerprint density at radius 2 is 1.78 bits per heavy atom. The Labute approximate surface area is 108 Å². The van der Waals surface area contributed by atoms with Crippen LogP contribution in [0.1, 0.15) is 12.5 Å². The maximum atomic E-state index is 4.54. The van der Waals surface area contributed by atoms with Crippen molar-refractivity contribution in [2.45, 2.75) is 20.0 Å². The molecule has 0 saturated carbocycles. The Balaban J connectivity index is 2.16. The molecule has 1 unspecified atom stereocenters. The Morgan fingerprint density at radius 1 is 1.06 bits per heavy atom. The SMILES string of the molecule is Cc1cccnc1N1c2ccccc2N(C)C1C. The molecule has 0 saturated heterocycles. The van der Waals surface area contributed by atoms with E-state index in [0.717, 1.165) is 5.82 Å². The number of aryl methyl sites for hydroxylation is 1. The number of nitrogens with zero attached hydrogens (tertiary/aromatic N) is 3. The summed E-state index contributed by atoms with van der Waals surface area (Å²) >= 11 is 0. The quantitative estimate of drug-likeness (QED) is 0.761. The molecule has 3 heteroatoms. The van der Waals surface area contributed by atoms with E-state index < -0.39 is 0 Å². The fourth-order valence-corrected chi connectivity index (χ4v) is 2.56.